The molecule has 4 aromatic heterocycles. The zero-order valence-electron chi connectivity index (χ0n) is 19.3. The summed E-state index contributed by atoms with van der Waals surface area (Å²) in [6.45, 7) is 3.40. The van der Waals surface area contributed by atoms with E-state index in [1.165, 1.54) is 29.1 Å². The molecule has 5 aromatic rings. The minimum Gasteiger partial charge on any atom is -0.324 e. The molecule has 0 bridgehead atoms. The lowest BCUT2D eigenvalue weighted by Crippen LogP contribution is -2.23. The number of sulfone groups is 1. The molecule has 0 aliphatic heterocycles. The highest BCUT2D eigenvalue weighted by molar-refractivity contribution is 7.91. The van der Waals surface area contributed by atoms with E-state index < -0.39 is 15.5 Å². The van der Waals surface area contributed by atoms with E-state index in [-0.39, 0.29) is 27.2 Å². The van der Waals surface area contributed by atoms with Crippen molar-refractivity contribution in [3.8, 4) is 23.0 Å². The summed E-state index contributed by atoms with van der Waals surface area (Å²) >= 11 is 12.2. The zero-order chi connectivity index (χ0) is 25.8. The minimum atomic E-state index is -3.67. The summed E-state index contributed by atoms with van der Waals surface area (Å²) in [6.07, 6.45) is 2.96. The Morgan fingerprint density at radius 3 is 2.56 bits per heavy atom. The average Bonchev–Trinajstić information content (AvgIpc) is 3.38. The van der Waals surface area contributed by atoms with Crippen LogP contribution in [0.25, 0.3) is 34.1 Å². The van der Waals surface area contributed by atoms with Crippen LogP contribution in [0.2, 0.25) is 10.0 Å². The van der Waals surface area contributed by atoms with Crippen LogP contribution in [-0.2, 0) is 16.9 Å². The van der Waals surface area contributed by atoms with Crippen LogP contribution in [0.3, 0.4) is 0 Å². The van der Waals surface area contributed by atoms with E-state index in [4.69, 9.17) is 23.2 Å². The molecule has 0 amide bonds. The SMILES string of the molecule is CCS(=O)(=O)c1ccc(-n2cnn(-c3ccc(Cl)cc3Cl)c2=O)nc1-c1nc2cc(C)ncc2n1C. The van der Waals surface area contributed by atoms with Crippen LogP contribution in [-0.4, -0.2) is 48.0 Å². The molecule has 13 heteroatoms. The third-order valence-electron chi connectivity index (χ3n) is 5.73. The molecule has 0 unspecified atom stereocenters. The van der Waals surface area contributed by atoms with Crippen LogP contribution in [0.4, 0.5) is 0 Å². The first-order valence-corrected chi connectivity index (χ1v) is 13.2. The summed E-state index contributed by atoms with van der Waals surface area (Å²) in [5.41, 5.74) is 2.05. The van der Waals surface area contributed by atoms with Gasteiger partial charge >= 0.3 is 5.69 Å². The van der Waals surface area contributed by atoms with Gasteiger partial charge in [0, 0.05) is 17.8 Å². The molecule has 0 spiro atoms. The fourth-order valence-corrected chi connectivity index (χ4v) is 5.32. The van der Waals surface area contributed by atoms with E-state index in [0.29, 0.717) is 27.6 Å². The van der Waals surface area contributed by atoms with Crippen molar-refractivity contribution in [2.75, 3.05) is 5.75 Å². The van der Waals surface area contributed by atoms with Crippen molar-refractivity contribution >= 4 is 44.1 Å². The molecular formula is C23H19Cl2N7O3S. The van der Waals surface area contributed by atoms with Crippen LogP contribution in [0.15, 0.2) is 58.6 Å². The van der Waals surface area contributed by atoms with Gasteiger partial charge in [-0.05, 0) is 43.3 Å². The third kappa shape index (κ3) is 3.98. The summed E-state index contributed by atoms with van der Waals surface area (Å²) in [7, 11) is -1.91. The van der Waals surface area contributed by atoms with Crippen LogP contribution in [0.1, 0.15) is 12.6 Å². The highest BCUT2D eigenvalue weighted by atomic mass is 35.5. The molecule has 36 heavy (non-hydrogen) atoms. The van der Waals surface area contributed by atoms with Crippen molar-refractivity contribution in [2.45, 2.75) is 18.7 Å². The maximum absolute atomic E-state index is 13.2. The second-order valence-electron chi connectivity index (χ2n) is 8.02. The first-order valence-electron chi connectivity index (χ1n) is 10.8. The quantitative estimate of drug-likeness (QED) is 0.331. The fraction of sp³-hybridized carbons (Fsp3) is 0.174. The molecule has 0 saturated carbocycles. The Kier molecular flexibility index (Phi) is 5.93. The molecule has 0 aliphatic rings. The number of aryl methyl sites for hydroxylation is 2. The predicted octanol–water partition coefficient (Wildman–Crippen LogP) is 3.78. The summed E-state index contributed by atoms with van der Waals surface area (Å²) < 4.78 is 29.9. The lowest BCUT2D eigenvalue weighted by Gasteiger charge is -2.11. The Morgan fingerprint density at radius 1 is 1.06 bits per heavy atom. The summed E-state index contributed by atoms with van der Waals surface area (Å²) in [6, 6.07) is 9.37. The maximum Gasteiger partial charge on any atom is 0.356 e. The van der Waals surface area contributed by atoms with Gasteiger partial charge in [-0.15, -0.1) is 0 Å². The maximum atomic E-state index is 13.2. The van der Waals surface area contributed by atoms with Gasteiger partial charge in [-0.2, -0.15) is 9.78 Å². The molecule has 0 saturated heterocycles. The van der Waals surface area contributed by atoms with E-state index in [1.807, 2.05) is 6.92 Å². The van der Waals surface area contributed by atoms with Crippen LogP contribution < -0.4 is 5.69 Å². The Labute approximate surface area is 215 Å². The van der Waals surface area contributed by atoms with Gasteiger partial charge in [-0.3, -0.25) is 4.98 Å². The summed E-state index contributed by atoms with van der Waals surface area (Å²) in [5, 5.41) is 4.82. The standard InChI is InChI=1S/C23H19Cl2N7O3S/c1-4-36(34,35)19-7-8-20(29-21(19)22-28-16-9-13(2)26-11-18(16)30(22)3)31-12-27-32(23(31)33)17-6-5-14(24)10-15(17)25/h5-12H,4H2,1-3H3. The first kappa shape index (κ1) is 24.2. The number of halogens is 2. The number of hydrogen-bond acceptors (Lipinski definition) is 7. The van der Waals surface area contributed by atoms with Gasteiger partial charge in [0.15, 0.2) is 15.7 Å². The topological polar surface area (TPSA) is 118 Å². The third-order valence-corrected chi connectivity index (χ3v) is 8.03. The molecule has 0 atom stereocenters. The Bertz CT molecular complexity index is 1820. The van der Waals surface area contributed by atoms with Gasteiger partial charge in [0.05, 0.1) is 38.6 Å². The van der Waals surface area contributed by atoms with Gasteiger partial charge in [0.2, 0.25) is 0 Å². The Morgan fingerprint density at radius 2 is 1.83 bits per heavy atom. The van der Waals surface area contributed by atoms with E-state index in [9.17, 15) is 13.2 Å². The van der Waals surface area contributed by atoms with Gasteiger partial charge in [-0.25, -0.2) is 27.7 Å². The lowest BCUT2D eigenvalue weighted by atomic mass is 10.3. The molecule has 1 aromatic carbocycles. The first-order chi connectivity index (χ1) is 17.1. The van der Waals surface area contributed by atoms with Crippen molar-refractivity contribution in [2.24, 2.45) is 7.05 Å². The number of pyridine rings is 2. The monoisotopic (exact) mass is 543 g/mol. The molecule has 0 radical (unpaired) electrons. The molecule has 10 nitrogen and oxygen atoms in total. The second-order valence-corrected chi connectivity index (χ2v) is 11.1. The lowest BCUT2D eigenvalue weighted by molar-refractivity contribution is 0.597. The number of hydrogen-bond donors (Lipinski definition) is 0. The van der Waals surface area contributed by atoms with Gasteiger partial charge in [0.1, 0.15) is 17.8 Å². The van der Waals surface area contributed by atoms with E-state index in [2.05, 4.69) is 20.1 Å². The molecule has 0 aliphatic carbocycles. The highest BCUT2D eigenvalue weighted by Gasteiger charge is 2.25. The summed E-state index contributed by atoms with van der Waals surface area (Å²) in [5.74, 6) is 0.369. The zero-order valence-corrected chi connectivity index (χ0v) is 21.7. The average molecular weight is 544 g/mol. The largest absolute Gasteiger partial charge is 0.356 e. The highest BCUT2D eigenvalue weighted by Crippen LogP contribution is 2.29. The molecule has 184 valence electrons. The Hall–Kier alpha value is -3.54. The summed E-state index contributed by atoms with van der Waals surface area (Å²) in [4.78, 5) is 26.8. The fourth-order valence-electron chi connectivity index (χ4n) is 3.82. The van der Waals surface area contributed by atoms with Crippen molar-refractivity contribution in [3.63, 3.8) is 0 Å². The Balaban J connectivity index is 1.73. The minimum absolute atomic E-state index is 0.0121. The molecule has 4 heterocycles. The van der Waals surface area contributed by atoms with Gasteiger partial charge < -0.3 is 4.57 Å². The van der Waals surface area contributed by atoms with Crippen molar-refractivity contribution in [1.82, 2.24) is 33.9 Å². The van der Waals surface area contributed by atoms with E-state index >= 15 is 0 Å². The van der Waals surface area contributed by atoms with Crippen LogP contribution >= 0.6 is 23.2 Å². The van der Waals surface area contributed by atoms with Crippen LogP contribution in [0, 0.1) is 6.92 Å². The smallest absolute Gasteiger partial charge is 0.324 e. The second kappa shape index (κ2) is 8.84. The van der Waals surface area contributed by atoms with Crippen molar-refractivity contribution in [3.05, 3.63) is 75.1 Å². The van der Waals surface area contributed by atoms with Crippen LogP contribution in [0.5, 0.6) is 0 Å². The van der Waals surface area contributed by atoms with Gasteiger partial charge in [-0.1, -0.05) is 30.1 Å². The number of benzene rings is 1. The number of fused-ring (bicyclic) bond motifs is 1. The number of rotatable bonds is 5. The van der Waals surface area contributed by atoms with E-state index in [0.717, 1.165) is 10.4 Å². The normalized spacial score (nSPS) is 11.9. The van der Waals surface area contributed by atoms with Crippen molar-refractivity contribution < 1.29 is 8.42 Å². The number of nitrogens with zero attached hydrogens (tertiary/aromatic N) is 7. The van der Waals surface area contributed by atoms with Crippen molar-refractivity contribution in [1.29, 1.82) is 0 Å². The molecule has 5 rings (SSSR count). The van der Waals surface area contributed by atoms with E-state index in [1.54, 1.807) is 42.9 Å². The number of imidazole rings is 1. The molecule has 0 fully saturated rings. The molecular weight excluding hydrogens is 525 g/mol. The van der Waals surface area contributed by atoms with Gasteiger partial charge in [0.25, 0.3) is 0 Å². The molecule has 0 N–H and O–H groups in total. The predicted molar refractivity (Wildman–Crippen MR) is 137 cm³/mol. The number of aromatic nitrogens is 7.